The van der Waals surface area contributed by atoms with Gasteiger partial charge in [-0.15, -0.1) is 4.91 Å². The summed E-state index contributed by atoms with van der Waals surface area (Å²) < 4.78 is 4.85. The summed E-state index contributed by atoms with van der Waals surface area (Å²) in [6.07, 6.45) is 1.42. The Morgan fingerprint density at radius 3 is 2.92 bits per heavy atom. The molecular formula is C7H7NO4. The Balaban J connectivity index is 2.60. The van der Waals surface area contributed by atoms with Gasteiger partial charge in [-0.25, -0.2) is 4.79 Å². The Morgan fingerprint density at radius 2 is 2.50 bits per heavy atom. The van der Waals surface area contributed by atoms with E-state index in [-0.39, 0.29) is 6.42 Å². The number of furan rings is 1. The van der Waals surface area contributed by atoms with Crippen LogP contribution in [-0.4, -0.2) is 17.1 Å². The van der Waals surface area contributed by atoms with E-state index >= 15 is 0 Å². The van der Waals surface area contributed by atoms with Gasteiger partial charge in [-0.1, -0.05) is 5.18 Å². The molecule has 1 atom stereocenters. The largest absolute Gasteiger partial charge is 0.480 e. The van der Waals surface area contributed by atoms with Crippen molar-refractivity contribution in [2.45, 2.75) is 12.5 Å². The molecule has 5 heteroatoms. The Labute approximate surface area is 68.0 Å². The molecule has 0 aromatic carbocycles. The summed E-state index contributed by atoms with van der Waals surface area (Å²) in [5.74, 6) is -0.789. The molecule has 0 saturated heterocycles. The average molecular weight is 169 g/mol. The van der Waals surface area contributed by atoms with Gasteiger partial charge in [0, 0.05) is 6.42 Å². The molecule has 12 heavy (non-hydrogen) atoms. The van der Waals surface area contributed by atoms with Crippen LogP contribution >= 0.6 is 0 Å². The van der Waals surface area contributed by atoms with Crippen LogP contribution in [0.25, 0.3) is 0 Å². The minimum Gasteiger partial charge on any atom is -0.480 e. The molecule has 1 aromatic heterocycles. The summed E-state index contributed by atoms with van der Waals surface area (Å²) in [5, 5.41) is 10.9. The summed E-state index contributed by atoms with van der Waals surface area (Å²) in [4.78, 5) is 20.3. The summed E-state index contributed by atoms with van der Waals surface area (Å²) in [6.45, 7) is 0. The van der Waals surface area contributed by atoms with Crippen LogP contribution in [0.5, 0.6) is 0 Å². The number of aliphatic carboxylic acids is 1. The van der Waals surface area contributed by atoms with Gasteiger partial charge < -0.3 is 9.52 Å². The molecule has 0 aliphatic carbocycles. The summed E-state index contributed by atoms with van der Waals surface area (Å²) in [5.41, 5.74) is 0. The van der Waals surface area contributed by atoms with Crippen LogP contribution in [0.15, 0.2) is 28.0 Å². The fraction of sp³-hybridized carbons (Fsp3) is 0.286. The Bertz CT molecular complexity index is 267. The highest BCUT2D eigenvalue weighted by molar-refractivity contribution is 5.73. The highest BCUT2D eigenvalue weighted by Crippen LogP contribution is 2.06. The minimum atomic E-state index is -1.25. The van der Waals surface area contributed by atoms with Crippen molar-refractivity contribution in [1.29, 1.82) is 0 Å². The first-order chi connectivity index (χ1) is 5.74. The molecule has 0 amide bonds. The zero-order valence-electron chi connectivity index (χ0n) is 6.14. The first kappa shape index (κ1) is 8.45. The lowest BCUT2D eigenvalue weighted by Crippen LogP contribution is -2.19. The van der Waals surface area contributed by atoms with Gasteiger partial charge in [0.05, 0.1) is 6.26 Å². The van der Waals surface area contributed by atoms with E-state index in [1.54, 1.807) is 12.1 Å². The predicted octanol–water partition coefficient (Wildman–Crippen LogP) is 1.04. The first-order valence-electron chi connectivity index (χ1n) is 3.31. The van der Waals surface area contributed by atoms with Crippen LogP contribution in [0, 0.1) is 4.91 Å². The van der Waals surface area contributed by atoms with Gasteiger partial charge in [-0.05, 0) is 12.1 Å². The highest BCUT2D eigenvalue weighted by atomic mass is 16.4. The molecule has 64 valence electrons. The SMILES string of the molecule is O=NC(Cc1ccco1)C(=O)O. The van der Waals surface area contributed by atoms with Crippen LogP contribution in [0.2, 0.25) is 0 Å². The maximum Gasteiger partial charge on any atom is 0.332 e. The summed E-state index contributed by atoms with van der Waals surface area (Å²) in [7, 11) is 0. The lowest BCUT2D eigenvalue weighted by Gasteiger charge is -1.98. The quantitative estimate of drug-likeness (QED) is 0.683. The Morgan fingerprint density at radius 1 is 1.75 bits per heavy atom. The van der Waals surface area contributed by atoms with E-state index in [9.17, 15) is 9.70 Å². The molecule has 1 unspecified atom stereocenters. The van der Waals surface area contributed by atoms with Gasteiger partial charge in [-0.2, -0.15) is 0 Å². The fourth-order valence-corrected chi connectivity index (χ4v) is 0.789. The van der Waals surface area contributed by atoms with E-state index in [1.807, 2.05) is 0 Å². The van der Waals surface area contributed by atoms with E-state index in [0.717, 1.165) is 0 Å². The zero-order valence-corrected chi connectivity index (χ0v) is 6.14. The molecule has 1 heterocycles. The van der Waals surface area contributed by atoms with E-state index in [2.05, 4.69) is 5.18 Å². The lowest BCUT2D eigenvalue weighted by molar-refractivity contribution is -0.138. The Hall–Kier alpha value is -1.65. The van der Waals surface area contributed by atoms with E-state index in [1.165, 1.54) is 6.26 Å². The van der Waals surface area contributed by atoms with E-state index < -0.39 is 12.0 Å². The molecule has 1 rings (SSSR count). The van der Waals surface area contributed by atoms with Crippen LogP contribution in [0.3, 0.4) is 0 Å². The van der Waals surface area contributed by atoms with Crippen LogP contribution in [0.4, 0.5) is 0 Å². The summed E-state index contributed by atoms with van der Waals surface area (Å²) in [6, 6.07) is 1.97. The van der Waals surface area contributed by atoms with Crippen molar-refractivity contribution < 1.29 is 14.3 Å². The van der Waals surface area contributed by atoms with Crippen molar-refractivity contribution in [1.82, 2.24) is 0 Å². The monoisotopic (exact) mass is 169 g/mol. The maximum absolute atomic E-state index is 10.3. The second kappa shape index (κ2) is 3.66. The van der Waals surface area contributed by atoms with Crippen molar-refractivity contribution >= 4 is 5.97 Å². The molecule has 5 nitrogen and oxygen atoms in total. The molecule has 0 aliphatic heterocycles. The van der Waals surface area contributed by atoms with Gasteiger partial charge >= 0.3 is 5.97 Å². The van der Waals surface area contributed by atoms with Crippen molar-refractivity contribution in [2.75, 3.05) is 0 Å². The molecule has 0 aliphatic rings. The third-order valence-electron chi connectivity index (χ3n) is 1.39. The van der Waals surface area contributed by atoms with Crippen LogP contribution in [-0.2, 0) is 11.2 Å². The number of nitrogens with zero attached hydrogens (tertiary/aromatic N) is 1. The molecule has 1 aromatic rings. The number of carboxylic acid groups (broad SMARTS) is 1. The van der Waals surface area contributed by atoms with Crippen molar-refractivity contribution in [3.63, 3.8) is 0 Å². The van der Waals surface area contributed by atoms with Gasteiger partial charge in [-0.3, -0.25) is 0 Å². The Kier molecular flexibility index (Phi) is 2.57. The van der Waals surface area contributed by atoms with Crippen molar-refractivity contribution in [2.24, 2.45) is 5.18 Å². The number of carbonyl (C=O) groups is 1. The second-order valence-electron chi connectivity index (χ2n) is 2.24. The molecule has 0 radical (unpaired) electrons. The topological polar surface area (TPSA) is 79.9 Å². The third kappa shape index (κ3) is 1.91. The molecule has 1 N–H and O–H groups in total. The molecule has 0 bridgehead atoms. The second-order valence-corrected chi connectivity index (χ2v) is 2.24. The van der Waals surface area contributed by atoms with Gasteiger partial charge in [0.2, 0.25) is 0 Å². The number of rotatable bonds is 4. The minimum absolute atomic E-state index is 0.00579. The van der Waals surface area contributed by atoms with E-state index in [0.29, 0.717) is 5.76 Å². The fourth-order valence-electron chi connectivity index (χ4n) is 0.789. The standard InChI is InChI=1S/C7H7NO4/c9-7(10)6(8-11)4-5-2-1-3-12-5/h1-3,6H,4H2,(H,9,10). The molecule has 0 fully saturated rings. The number of hydrogen-bond donors (Lipinski definition) is 1. The van der Waals surface area contributed by atoms with Crippen LogP contribution in [0.1, 0.15) is 5.76 Å². The van der Waals surface area contributed by atoms with Crippen molar-refractivity contribution in [3.8, 4) is 0 Å². The first-order valence-corrected chi connectivity index (χ1v) is 3.31. The lowest BCUT2D eigenvalue weighted by atomic mass is 10.2. The third-order valence-corrected chi connectivity index (χ3v) is 1.39. The smallest absolute Gasteiger partial charge is 0.332 e. The van der Waals surface area contributed by atoms with Crippen molar-refractivity contribution in [3.05, 3.63) is 29.1 Å². The van der Waals surface area contributed by atoms with Gasteiger partial charge in [0.15, 0.2) is 6.04 Å². The van der Waals surface area contributed by atoms with Crippen LogP contribution < -0.4 is 0 Å². The molecular weight excluding hydrogens is 162 g/mol. The number of hydrogen-bond acceptors (Lipinski definition) is 4. The van der Waals surface area contributed by atoms with E-state index in [4.69, 9.17) is 9.52 Å². The van der Waals surface area contributed by atoms with Gasteiger partial charge in [0.1, 0.15) is 5.76 Å². The molecule has 0 spiro atoms. The molecule has 0 saturated carbocycles. The maximum atomic E-state index is 10.3. The average Bonchev–Trinajstić information content (AvgIpc) is 2.51. The number of nitroso groups, excluding NO2 is 1. The predicted molar refractivity (Wildman–Crippen MR) is 39.6 cm³/mol. The van der Waals surface area contributed by atoms with Gasteiger partial charge in [0.25, 0.3) is 0 Å². The normalized spacial score (nSPS) is 12.3. The zero-order chi connectivity index (χ0) is 8.97. The number of carboxylic acids is 1. The summed E-state index contributed by atoms with van der Waals surface area (Å²) >= 11 is 0. The highest BCUT2D eigenvalue weighted by Gasteiger charge is 2.19.